The Labute approximate surface area is 125 Å². The molecule has 1 unspecified atom stereocenters. The van der Waals surface area contributed by atoms with Gasteiger partial charge >= 0.3 is 0 Å². The number of hydrogen-bond acceptors (Lipinski definition) is 3. The van der Waals surface area contributed by atoms with Crippen LogP contribution in [-0.2, 0) is 0 Å². The summed E-state index contributed by atoms with van der Waals surface area (Å²) in [6.45, 7) is 4.47. The van der Waals surface area contributed by atoms with Gasteiger partial charge in [0.25, 0.3) is 0 Å². The lowest BCUT2D eigenvalue weighted by Gasteiger charge is -2.33. The normalized spacial score (nSPS) is 18.8. The molecule has 1 aromatic rings. The Morgan fingerprint density at radius 1 is 1.45 bits per heavy atom. The van der Waals surface area contributed by atoms with E-state index < -0.39 is 5.91 Å². The monoisotopic (exact) mass is 295 g/mol. The molecule has 1 saturated heterocycles. The molecule has 110 valence electrons. The Hall–Kier alpha value is -1.26. The van der Waals surface area contributed by atoms with E-state index in [0.29, 0.717) is 22.5 Å². The second-order valence-electron chi connectivity index (χ2n) is 5.63. The fourth-order valence-electron chi connectivity index (χ4n) is 2.71. The van der Waals surface area contributed by atoms with E-state index in [2.05, 4.69) is 24.2 Å². The van der Waals surface area contributed by atoms with Crippen molar-refractivity contribution in [2.75, 3.05) is 25.5 Å². The molecule has 1 fully saturated rings. The molecule has 5 heteroatoms. The SMILES string of the molecule is CC(Nc1ccc(Cl)c(C(N)=O)c1)C1CCN(C)CC1. The molecule has 1 atom stereocenters. The Morgan fingerprint density at radius 2 is 2.10 bits per heavy atom. The number of amides is 1. The molecule has 0 bridgehead atoms. The number of nitrogens with two attached hydrogens (primary N) is 1. The summed E-state index contributed by atoms with van der Waals surface area (Å²) in [6, 6.07) is 5.70. The number of nitrogens with zero attached hydrogens (tertiary/aromatic N) is 1. The van der Waals surface area contributed by atoms with Crippen LogP contribution in [0.4, 0.5) is 5.69 Å². The molecular weight excluding hydrogens is 274 g/mol. The number of likely N-dealkylation sites (tertiary alicyclic amines) is 1. The number of anilines is 1. The topological polar surface area (TPSA) is 58.4 Å². The predicted molar refractivity (Wildman–Crippen MR) is 83.3 cm³/mol. The number of carbonyl (C=O) groups excluding carboxylic acids is 1. The molecule has 1 heterocycles. The Balaban J connectivity index is 2.02. The number of nitrogens with one attached hydrogen (secondary N) is 1. The standard InChI is InChI=1S/C15H22ClN3O/c1-10(11-5-7-19(2)8-6-11)18-12-3-4-14(16)13(9-12)15(17)20/h3-4,9-11,18H,5-8H2,1-2H3,(H2,17,20). The molecule has 1 aromatic carbocycles. The largest absolute Gasteiger partial charge is 0.382 e. The molecule has 2 rings (SSSR count). The number of benzene rings is 1. The van der Waals surface area contributed by atoms with E-state index >= 15 is 0 Å². The van der Waals surface area contributed by atoms with Gasteiger partial charge in [0.1, 0.15) is 0 Å². The van der Waals surface area contributed by atoms with E-state index in [-0.39, 0.29) is 0 Å². The highest BCUT2D eigenvalue weighted by Gasteiger charge is 2.22. The molecule has 0 spiro atoms. The molecule has 0 aliphatic carbocycles. The number of carbonyl (C=O) groups is 1. The van der Waals surface area contributed by atoms with Crippen molar-refractivity contribution in [2.45, 2.75) is 25.8 Å². The highest BCUT2D eigenvalue weighted by atomic mass is 35.5. The molecule has 1 amide bonds. The van der Waals surface area contributed by atoms with Crippen LogP contribution in [0.2, 0.25) is 5.02 Å². The van der Waals surface area contributed by atoms with E-state index in [4.69, 9.17) is 17.3 Å². The number of primary amides is 1. The summed E-state index contributed by atoms with van der Waals surface area (Å²) in [5, 5.41) is 3.86. The summed E-state index contributed by atoms with van der Waals surface area (Å²) >= 11 is 5.96. The molecule has 0 radical (unpaired) electrons. The van der Waals surface area contributed by atoms with Crippen molar-refractivity contribution in [3.05, 3.63) is 28.8 Å². The van der Waals surface area contributed by atoms with Crippen LogP contribution in [0.15, 0.2) is 18.2 Å². The summed E-state index contributed by atoms with van der Waals surface area (Å²) in [5.74, 6) is 0.157. The van der Waals surface area contributed by atoms with Gasteiger partial charge in [0.15, 0.2) is 0 Å². The van der Waals surface area contributed by atoms with Gasteiger partial charge in [-0.15, -0.1) is 0 Å². The van der Waals surface area contributed by atoms with Crippen molar-refractivity contribution in [2.24, 2.45) is 11.7 Å². The van der Waals surface area contributed by atoms with Crippen molar-refractivity contribution in [1.29, 1.82) is 0 Å². The average molecular weight is 296 g/mol. The molecule has 1 aliphatic rings. The van der Waals surface area contributed by atoms with Gasteiger partial charge in [-0.25, -0.2) is 0 Å². The first kappa shape index (κ1) is 15.1. The van der Waals surface area contributed by atoms with Crippen molar-refractivity contribution >= 4 is 23.2 Å². The average Bonchev–Trinajstić information content (AvgIpc) is 2.41. The lowest BCUT2D eigenvalue weighted by Crippen LogP contribution is -2.37. The molecule has 0 aromatic heterocycles. The van der Waals surface area contributed by atoms with Crippen LogP contribution in [0.5, 0.6) is 0 Å². The van der Waals surface area contributed by atoms with Gasteiger partial charge in [0.2, 0.25) is 5.91 Å². The molecule has 3 N–H and O–H groups in total. The Morgan fingerprint density at radius 3 is 2.70 bits per heavy atom. The summed E-state index contributed by atoms with van der Waals surface area (Å²) in [4.78, 5) is 13.7. The first-order chi connectivity index (χ1) is 9.47. The molecule has 0 saturated carbocycles. The third-order valence-corrected chi connectivity index (χ3v) is 4.43. The van der Waals surface area contributed by atoms with Crippen LogP contribution < -0.4 is 11.1 Å². The van der Waals surface area contributed by atoms with Gasteiger partial charge in [-0.05, 0) is 64.0 Å². The quantitative estimate of drug-likeness (QED) is 0.897. The van der Waals surface area contributed by atoms with Gasteiger partial charge < -0.3 is 16.0 Å². The van der Waals surface area contributed by atoms with E-state index in [1.165, 1.54) is 12.8 Å². The summed E-state index contributed by atoms with van der Waals surface area (Å²) in [7, 11) is 2.16. The van der Waals surface area contributed by atoms with E-state index in [9.17, 15) is 4.79 Å². The van der Waals surface area contributed by atoms with Gasteiger partial charge in [0, 0.05) is 11.7 Å². The Kier molecular flexibility index (Phi) is 4.89. The van der Waals surface area contributed by atoms with Crippen LogP contribution in [-0.4, -0.2) is 37.0 Å². The third-order valence-electron chi connectivity index (χ3n) is 4.10. The number of piperidine rings is 1. The van der Waals surface area contributed by atoms with Crippen LogP contribution in [0.25, 0.3) is 0 Å². The molecule has 1 aliphatic heterocycles. The first-order valence-electron chi connectivity index (χ1n) is 7.02. The van der Waals surface area contributed by atoms with Gasteiger partial charge in [-0.2, -0.15) is 0 Å². The second-order valence-corrected chi connectivity index (χ2v) is 6.04. The van der Waals surface area contributed by atoms with E-state index in [0.717, 1.165) is 18.8 Å². The zero-order valence-electron chi connectivity index (χ0n) is 12.0. The minimum Gasteiger partial charge on any atom is -0.382 e. The smallest absolute Gasteiger partial charge is 0.250 e. The lowest BCUT2D eigenvalue weighted by atomic mass is 9.90. The molecule has 4 nitrogen and oxygen atoms in total. The van der Waals surface area contributed by atoms with Crippen LogP contribution in [0.3, 0.4) is 0 Å². The Bertz CT molecular complexity index is 484. The fraction of sp³-hybridized carbons (Fsp3) is 0.533. The van der Waals surface area contributed by atoms with Gasteiger partial charge in [0.05, 0.1) is 10.6 Å². The number of halogens is 1. The molecular formula is C15H22ClN3O. The van der Waals surface area contributed by atoms with Crippen molar-refractivity contribution in [1.82, 2.24) is 4.90 Å². The number of rotatable bonds is 4. The minimum absolute atomic E-state index is 0.366. The minimum atomic E-state index is -0.495. The second kappa shape index (κ2) is 6.46. The fourth-order valence-corrected chi connectivity index (χ4v) is 2.92. The zero-order chi connectivity index (χ0) is 14.7. The highest BCUT2D eigenvalue weighted by Crippen LogP contribution is 2.25. The summed E-state index contributed by atoms with van der Waals surface area (Å²) in [6.07, 6.45) is 2.39. The predicted octanol–water partition coefficient (Wildman–Crippen LogP) is 2.58. The highest BCUT2D eigenvalue weighted by molar-refractivity contribution is 6.33. The van der Waals surface area contributed by atoms with E-state index in [1.807, 2.05) is 6.07 Å². The lowest BCUT2D eigenvalue weighted by molar-refractivity contribution is 0.100. The van der Waals surface area contributed by atoms with Crippen molar-refractivity contribution in [3.8, 4) is 0 Å². The van der Waals surface area contributed by atoms with E-state index in [1.54, 1.807) is 12.1 Å². The van der Waals surface area contributed by atoms with Gasteiger partial charge in [-0.3, -0.25) is 4.79 Å². The maximum absolute atomic E-state index is 11.3. The van der Waals surface area contributed by atoms with Crippen molar-refractivity contribution in [3.63, 3.8) is 0 Å². The maximum Gasteiger partial charge on any atom is 0.250 e. The maximum atomic E-state index is 11.3. The number of hydrogen-bond donors (Lipinski definition) is 2. The van der Waals surface area contributed by atoms with Crippen LogP contribution >= 0.6 is 11.6 Å². The first-order valence-corrected chi connectivity index (χ1v) is 7.39. The van der Waals surface area contributed by atoms with Crippen LogP contribution in [0.1, 0.15) is 30.1 Å². The van der Waals surface area contributed by atoms with Crippen LogP contribution in [0, 0.1) is 5.92 Å². The third kappa shape index (κ3) is 3.64. The van der Waals surface area contributed by atoms with Gasteiger partial charge in [-0.1, -0.05) is 11.6 Å². The summed E-state index contributed by atoms with van der Waals surface area (Å²) < 4.78 is 0. The summed E-state index contributed by atoms with van der Waals surface area (Å²) in [5.41, 5.74) is 6.58. The zero-order valence-corrected chi connectivity index (χ0v) is 12.8. The van der Waals surface area contributed by atoms with Crippen molar-refractivity contribution < 1.29 is 4.79 Å². The molecule has 20 heavy (non-hydrogen) atoms.